The highest BCUT2D eigenvalue weighted by Crippen LogP contribution is 2.23. The van der Waals surface area contributed by atoms with Crippen LogP contribution in [0.1, 0.15) is 30.1 Å². The van der Waals surface area contributed by atoms with Crippen LogP contribution in [0.2, 0.25) is 0 Å². The van der Waals surface area contributed by atoms with Crippen LogP contribution in [0, 0.1) is 5.92 Å². The van der Waals surface area contributed by atoms with Gasteiger partial charge < -0.3 is 15.6 Å². The molecule has 1 aliphatic rings. The van der Waals surface area contributed by atoms with Crippen molar-refractivity contribution in [2.45, 2.75) is 25.8 Å². The lowest BCUT2D eigenvalue weighted by Gasteiger charge is -2.37. The minimum atomic E-state index is -0.351. The molecule has 126 valence electrons. The lowest BCUT2D eigenvalue weighted by Crippen LogP contribution is -2.50. The average molecular weight is 325 g/mol. The Bertz CT molecular complexity index is 770. The zero-order valence-electron chi connectivity index (χ0n) is 13.9. The molecule has 1 aromatic carbocycles. The monoisotopic (exact) mass is 325 g/mol. The van der Waals surface area contributed by atoms with Gasteiger partial charge in [-0.1, -0.05) is 37.3 Å². The molecule has 0 radical (unpaired) electrons. The maximum atomic E-state index is 12.8. The Morgan fingerprint density at radius 1 is 1.25 bits per heavy atom. The molecule has 5 heteroatoms. The molecule has 2 aromatic rings. The van der Waals surface area contributed by atoms with Gasteiger partial charge in [-0.2, -0.15) is 0 Å². The third-order valence-electron chi connectivity index (χ3n) is 4.74. The fraction of sp³-hybridized carbons (Fsp3) is 0.368. The van der Waals surface area contributed by atoms with Gasteiger partial charge in [0.2, 0.25) is 0 Å². The molecule has 2 heterocycles. The number of pyridine rings is 1. The zero-order chi connectivity index (χ0) is 17.1. The Labute approximate surface area is 141 Å². The number of carbonyl (C=O) groups is 1. The number of nitrogens with two attached hydrogens (primary N) is 1. The van der Waals surface area contributed by atoms with Gasteiger partial charge in [0.05, 0.1) is 0 Å². The molecule has 2 atom stereocenters. The van der Waals surface area contributed by atoms with Crippen molar-refractivity contribution in [2.24, 2.45) is 11.7 Å². The van der Waals surface area contributed by atoms with E-state index in [-0.39, 0.29) is 23.1 Å². The van der Waals surface area contributed by atoms with E-state index in [1.54, 1.807) is 17.0 Å². The highest BCUT2D eigenvalue weighted by molar-refractivity contribution is 5.94. The van der Waals surface area contributed by atoms with Crippen molar-refractivity contribution in [2.75, 3.05) is 13.1 Å². The van der Waals surface area contributed by atoms with Crippen molar-refractivity contribution >= 4 is 5.91 Å². The van der Waals surface area contributed by atoms with Crippen LogP contribution in [0.4, 0.5) is 0 Å². The van der Waals surface area contributed by atoms with Gasteiger partial charge in [-0.25, -0.2) is 0 Å². The Morgan fingerprint density at radius 2 is 2.00 bits per heavy atom. The quantitative estimate of drug-likeness (QED) is 0.908. The number of aromatic amines is 1. The van der Waals surface area contributed by atoms with Gasteiger partial charge in [0.15, 0.2) is 0 Å². The first-order chi connectivity index (χ1) is 11.6. The number of nitrogens with zero attached hydrogens (tertiary/aromatic N) is 1. The van der Waals surface area contributed by atoms with Crippen LogP contribution in [0.3, 0.4) is 0 Å². The molecule has 0 bridgehead atoms. The first-order valence-electron chi connectivity index (χ1n) is 8.40. The van der Waals surface area contributed by atoms with Crippen molar-refractivity contribution in [1.29, 1.82) is 0 Å². The summed E-state index contributed by atoms with van der Waals surface area (Å²) in [6, 6.07) is 13.0. The van der Waals surface area contributed by atoms with Crippen molar-refractivity contribution < 1.29 is 4.79 Å². The van der Waals surface area contributed by atoms with Crippen molar-refractivity contribution in [3.63, 3.8) is 0 Å². The second-order valence-corrected chi connectivity index (χ2v) is 6.50. The molecule has 3 rings (SSSR count). The number of rotatable bonds is 3. The molecule has 2 unspecified atom stereocenters. The zero-order valence-corrected chi connectivity index (χ0v) is 13.9. The number of piperidine rings is 1. The fourth-order valence-electron chi connectivity index (χ4n) is 3.33. The lowest BCUT2D eigenvalue weighted by atomic mass is 9.92. The van der Waals surface area contributed by atoms with E-state index in [0.717, 1.165) is 18.4 Å². The van der Waals surface area contributed by atoms with E-state index >= 15 is 0 Å². The Balaban J connectivity index is 1.87. The Kier molecular flexibility index (Phi) is 4.81. The maximum Gasteiger partial charge on any atom is 0.261 e. The molecule has 1 saturated heterocycles. The standard InChI is InChI=1S/C19H23N3O2/c1-13-9-10-22(15(11-13)12-20)19(24)16-7-8-17(21-18(16)23)14-5-3-2-4-6-14/h2-8,13,15H,9-12,20H2,1H3,(H,21,23). The molecular formula is C19H23N3O2. The summed E-state index contributed by atoms with van der Waals surface area (Å²) in [6.45, 7) is 3.25. The molecule has 1 amide bonds. The van der Waals surface area contributed by atoms with E-state index < -0.39 is 0 Å². The summed E-state index contributed by atoms with van der Waals surface area (Å²) >= 11 is 0. The highest BCUT2D eigenvalue weighted by atomic mass is 16.2. The lowest BCUT2D eigenvalue weighted by molar-refractivity contribution is 0.0572. The minimum absolute atomic E-state index is 0.00875. The fourth-order valence-corrected chi connectivity index (χ4v) is 3.33. The number of hydrogen-bond donors (Lipinski definition) is 2. The van der Waals surface area contributed by atoms with Crippen LogP contribution in [0.5, 0.6) is 0 Å². The molecule has 1 aliphatic heterocycles. The minimum Gasteiger partial charge on any atom is -0.334 e. The summed E-state index contributed by atoms with van der Waals surface area (Å²) < 4.78 is 0. The van der Waals surface area contributed by atoms with Gasteiger partial charge in [0.25, 0.3) is 11.5 Å². The summed E-state index contributed by atoms with van der Waals surface area (Å²) in [5, 5.41) is 0. The predicted octanol–water partition coefficient (Wildman–Crippen LogP) is 2.24. The summed E-state index contributed by atoms with van der Waals surface area (Å²) in [5.74, 6) is 0.333. The number of benzene rings is 1. The Morgan fingerprint density at radius 3 is 2.67 bits per heavy atom. The topological polar surface area (TPSA) is 79.2 Å². The second-order valence-electron chi connectivity index (χ2n) is 6.50. The second kappa shape index (κ2) is 7.01. The van der Waals surface area contributed by atoms with Gasteiger partial charge in [-0.05, 0) is 36.5 Å². The van der Waals surface area contributed by atoms with E-state index in [9.17, 15) is 9.59 Å². The maximum absolute atomic E-state index is 12.8. The van der Waals surface area contributed by atoms with Crippen molar-refractivity contribution in [3.05, 3.63) is 58.4 Å². The number of hydrogen-bond acceptors (Lipinski definition) is 3. The van der Waals surface area contributed by atoms with Gasteiger partial charge in [0.1, 0.15) is 5.56 Å². The van der Waals surface area contributed by atoms with Crippen LogP contribution >= 0.6 is 0 Å². The van der Waals surface area contributed by atoms with E-state index in [1.807, 2.05) is 30.3 Å². The summed E-state index contributed by atoms with van der Waals surface area (Å²) in [4.78, 5) is 29.8. The van der Waals surface area contributed by atoms with E-state index in [1.165, 1.54) is 0 Å². The first-order valence-corrected chi connectivity index (χ1v) is 8.40. The van der Waals surface area contributed by atoms with Crippen LogP contribution < -0.4 is 11.3 Å². The van der Waals surface area contributed by atoms with Gasteiger partial charge in [0, 0.05) is 24.8 Å². The SMILES string of the molecule is CC1CCN(C(=O)c2ccc(-c3ccccc3)[nH]c2=O)C(CN)C1. The van der Waals surface area contributed by atoms with E-state index in [0.29, 0.717) is 24.7 Å². The first kappa shape index (κ1) is 16.5. The molecule has 3 N–H and O–H groups in total. The van der Waals surface area contributed by atoms with Gasteiger partial charge >= 0.3 is 0 Å². The molecule has 5 nitrogen and oxygen atoms in total. The van der Waals surface area contributed by atoms with Crippen molar-refractivity contribution in [1.82, 2.24) is 9.88 Å². The number of H-pyrrole nitrogens is 1. The summed E-state index contributed by atoms with van der Waals surface area (Å²) in [5.41, 5.74) is 7.29. The molecule has 1 fully saturated rings. The van der Waals surface area contributed by atoms with Crippen LogP contribution in [0.25, 0.3) is 11.3 Å². The highest BCUT2D eigenvalue weighted by Gasteiger charge is 2.30. The molecule has 1 aromatic heterocycles. The normalized spacial score (nSPS) is 20.8. The number of likely N-dealkylation sites (tertiary alicyclic amines) is 1. The predicted molar refractivity (Wildman–Crippen MR) is 94.8 cm³/mol. The van der Waals surface area contributed by atoms with Crippen LogP contribution in [-0.2, 0) is 0 Å². The van der Waals surface area contributed by atoms with Crippen LogP contribution in [0.15, 0.2) is 47.3 Å². The Hall–Kier alpha value is -2.40. The number of aromatic nitrogens is 1. The average Bonchev–Trinajstić information content (AvgIpc) is 2.61. The summed E-state index contributed by atoms with van der Waals surface area (Å²) in [6.07, 6.45) is 1.84. The number of carbonyl (C=O) groups excluding carboxylic acids is 1. The smallest absolute Gasteiger partial charge is 0.261 e. The third kappa shape index (κ3) is 3.26. The van der Waals surface area contributed by atoms with Gasteiger partial charge in [-0.15, -0.1) is 0 Å². The molecule has 0 spiro atoms. The van der Waals surface area contributed by atoms with Gasteiger partial charge in [-0.3, -0.25) is 9.59 Å². The number of amides is 1. The largest absolute Gasteiger partial charge is 0.334 e. The molecular weight excluding hydrogens is 302 g/mol. The molecule has 0 saturated carbocycles. The van der Waals surface area contributed by atoms with E-state index in [4.69, 9.17) is 5.73 Å². The summed E-state index contributed by atoms with van der Waals surface area (Å²) in [7, 11) is 0. The number of nitrogens with one attached hydrogen (secondary N) is 1. The molecule has 24 heavy (non-hydrogen) atoms. The van der Waals surface area contributed by atoms with E-state index in [2.05, 4.69) is 11.9 Å². The van der Waals surface area contributed by atoms with Crippen molar-refractivity contribution in [3.8, 4) is 11.3 Å². The molecule has 0 aliphatic carbocycles. The third-order valence-corrected chi connectivity index (χ3v) is 4.74. The van der Waals surface area contributed by atoms with Crippen LogP contribution in [-0.4, -0.2) is 34.9 Å².